The summed E-state index contributed by atoms with van der Waals surface area (Å²) in [6, 6.07) is 6.37. The molecule has 0 aliphatic carbocycles. The van der Waals surface area contributed by atoms with Crippen LogP contribution in [0.25, 0.3) is 0 Å². The van der Waals surface area contributed by atoms with Gasteiger partial charge in [0.2, 0.25) is 22.4 Å². The summed E-state index contributed by atoms with van der Waals surface area (Å²) in [6.07, 6.45) is 0. The average molecular weight is 351 g/mol. The lowest BCUT2D eigenvalue weighted by molar-refractivity contribution is -0.136. The Morgan fingerprint density at radius 1 is 1.26 bits per heavy atom. The molecule has 1 aromatic carbocycles. The number of H-pyrrole nitrogens is 2. The fourth-order valence-corrected chi connectivity index (χ4v) is 3.50. The Morgan fingerprint density at radius 3 is 2.70 bits per heavy atom. The van der Waals surface area contributed by atoms with E-state index < -0.39 is 33.6 Å². The third kappa shape index (κ3) is 2.83. The Balaban J connectivity index is 1.84. The number of carbonyl (C=O) groups excluding carboxylic acids is 3. The summed E-state index contributed by atoms with van der Waals surface area (Å²) >= 11 is 4.71. The largest absolute Gasteiger partial charge is 0.324 e. The van der Waals surface area contributed by atoms with Crippen LogP contribution in [0.1, 0.15) is 0 Å². The van der Waals surface area contributed by atoms with Crippen LogP contribution in [0, 0.1) is 4.77 Å². The molecule has 2 amide bonds. The fraction of sp³-hybridized carbons (Fsp3) is 0.0833. The van der Waals surface area contributed by atoms with E-state index >= 15 is 0 Å². The van der Waals surface area contributed by atoms with Gasteiger partial charge in [-0.05, 0) is 24.4 Å². The highest BCUT2D eigenvalue weighted by Gasteiger charge is 2.41. The molecule has 0 radical (unpaired) electrons. The molecule has 1 aliphatic rings. The first-order valence-corrected chi connectivity index (χ1v) is 7.90. The number of aromatic amines is 2. The molecule has 4 N–H and O–H groups in total. The van der Waals surface area contributed by atoms with E-state index in [0.717, 1.165) is 0 Å². The molecule has 1 aliphatic heterocycles. The van der Waals surface area contributed by atoms with Gasteiger partial charge in [0.25, 0.3) is 5.91 Å². The standard InChI is InChI=1S/C12H9N5O4S2/c18-7(9(19)14-11-15-12(22)17-16-11)8-10(20)13-5-3-1-2-4-6(5)23(8)21/h1-4,8H,(H,13,20)(H3,14,15,16,17,19,22). The van der Waals surface area contributed by atoms with Crippen LogP contribution in [-0.4, -0.2) is 42.2 Å². The van der Waals surface area contributed by atoms with Crippen LogP contribution in [0.5, 0.6) is 0 Å². The minimum atomic E-state index is -1.97. The summed E-state index contributed by atoms with van der Waals surface area (Å²) < 4.78 is 12.5. The number of nitrogens with one attached hydrogen (secondary N) is 4. The molecule has 9 nitrogen and oxygen atoms in total. The van der Waals surface area contributed by atoms with Crippen molar-refractivity contribution >= 4 is 52.3 Å². The molecule has 0 saturated heterocycles. The van der Waals surface area contributed by atoms with E-state index in [2.05, 4.69) is 25.8 Å². The fourth-order valence-electron chi connectivity index (χ4n) is 2.00. The SMILES string of the molecule is O=C(Nc1nc(=S)[nH][nH]1)C(=O)C1C(=O)Nc2ccccc2S1=O. The van der Waals surface area contributed by atoms with Crippen molar-refractivity contribution in [3.05, 3.63) is 29.0 Å². The van der Waals surface area contributed by atoms with E-state index in [1.54, 1.807) is 18.2 Å². The van der Waals surface area contributed by atoms with Crippen LogP contribution in [-0.2, 0) is 25.2 Å². The summed E-state index contributed by atoms with van der Waals surface area (Å²) in [6.45, 7) is 0. The van der Waals surface area contributed by atoms with Gasteiger partial charge < -0.3 is 5.32 Å². The summed E-state index contributed by atoms with van der Waals surface area (Å²) in [5, 5.41) is 7.87. The van der Waals surface area contributed by atoms with Crippen molar-refractivity contribution in [2.75, 3.05) is 10.6 Å². The molecular weight excluding hydrogens is 342 g/mol. The Labute approximate surface area is 136 Å². The Morgan fingerprint density at radius 2 is 2.00 bits per heavy atom. The summed E-state index contributed by atoms with van der Waals surface area (Å²) in [7, 11) is -1.97. The number of fused-ring (bicyclic) bond motifs is 1. The third-order valence-electron chi connectivity index (χ3n) is 3.01. The molecule has 3 rings (SSSR count). The first-order valence-electron chi connectivity index (χ1n) is 6.27. The number of amides is 2. The molecule has 118 valence electrons. The van der Waals surface area contributed by atoms with Gasteiger partial charge in [0.1, 0.15) is 0 Å². The maximum absolute atomic E-state index is 12.4. The van der Waals surface area contributed by atoms with Crippen LogP contribution in [0.2, 0.25) is 0 Å². The number of Topliss-reactive ketones (excluding diaryl/α,β-unsaturated/α-hetero) is 1. The molecule has 0 bridgehead atoms. The second-order valence-electron chi connectivity index (χ2n) is 4.50. The number of ketones is 1. The van der Waals surface area contributed by atoms with Crippen LogP contribution in [0.15, 0.2) is 29.2 Å². The zero-order chi connectivity index (χ0) is 16.6. The minimum Gasteiger partial charge on any atom is -0.324 e. The van der Waals surface area contributed by atoms with Gasteiger partial charge in [-0.3, -0.25) is 34.1 Å². The lowest BCUT2D eigenvalue weighted by Gasteiger charge is -2.22. The average Bonchev–Trinajstić information content (AvgIpc) is 2.92. The number of anilines is 2. The zero-order valence-electron chi connectivity index (χ0n) is 11.3. The molecule has 2 heterocycles. The van der Waals surface area contributed by atoms with E-state index in [-0.39, 0.29) is 15.6 Å². The summed E-state index contributed by atoms with van der Waals surface area (Å²) in [5.74, 6) is -3.11. The van der Waals surface area contributed by atoms with E-state index in [1.807, 2.05) is 0 Å². The van der Waals surface area contributed by atoms with Gasteiger partial charge in [0, 0.05) is 0 Å². The predicted molar refractivity (Wildman–Crippen MR) is 82.7 cm³/mol. The van der Waals surface area contributed by atoms with Gasteiger partial charge in [-0.1, -0.05) is 12.1 Å². The van der Waals surface area contributed by atoms with Crippen molar-refractivity contribution in [2.24, 2.45) is 0 Å². The van der Waals surface area contributed by atoms with Crippen molar-refractivity contribution in [3.8, 4) is 0 Å². The first-order chi connectivity index (χ1) is 11.0. The number of hydrogen-bond donors (Lipinski definition) is 4. The second kappa shape index (κ2) is 5.85. The highest BCUT2D eigenvalue weighted by atomic mass is 32.2. The highest BCUT2D eigenvalue weighted by Crippen LogP contribution is 2.27. The molecule has 11 heteroatoms. The van der Waals surface area contributed by atoms with Gasteiger partial charge in [-0.25, -0.2) is 0 Å². The van der Waals surface area contributed by atoms with Gasteiger partial charge in [0.15, 0.2) is 5.25 Å². The molecule has 2 aromatic rings. The maximum Gasteiger partial charge on any atom is 0.295 e. The lowest BCUT2D eigenvalue weighted by atomic mass is 10.2. The molecular formula is C12H9N5O4S2. The van der Waals surface area contributed by atoms with Crippen molar-refractivity contribution in [1.82, 2.24) is 15.2 Å². The quantitative estimate of drug-likeness (QED) is 0.352. The van der Waals surface area contributed by atoms with Gasteiger partial charge in [-0.15, -0.1) is 0 Å². The van der Waals surface area contributed by atoms with Crippen LogP contribution in [0.3, 0.4) is 0 Å². The van der Waals surface area contributed by atoms with Gasteiger partial charge in [0.05, 0.1) is 21.4 Å². The Kier molecular flexibility index (Phi) is 3.88. The molecule has 23 heavy (non-hydrogen) atoms. The van der Waals surface area contributed by atoms with Crippen molar-refractivity contribution in [3.63, 3.8) is 0 Å². The van der Waals surface area contributed by atoms with Crippen LogP contribution >= 0.6 is 12.2 Å². The van der Waals surface area contributed by atoms with Crippen molar-refractivity contribution in [2.45, 2.75) is 10.1 Å². The summed E-state index contributed by atoms with van der Waals surface area (Å²) in [5.41, 5.74) is 0.358. The first kappa shape index (κ1) is 15.2. The third-order valence-corrected chi connectivity index (χ3v) is 4.85. The van der Waals surface area contributed by atoms with Crippen LogP contribution < -0.4 is 10.6 Å². The molecule has 1 aromatic heterocycles. The smallest absolute Gasteiger partial charge is 0.295 e. The molecule has 0 fully saturated rings. The predicted octanol–water partition coefficient (Wildman–Crippen LogP) is 0.103. The Bertz CT molecular complexity index is 903. The van der Waals surface area contributed by atoms with E-state index in [0.29, 0.717) is 5.69 Å². The topological polar surface area (TPSA) is 137 Å². The van der Waals surface area contributed by atoms with Gasteiger partial charge >= 0.3 is 0 Å². The lowest BCUT2D eigenvalue weighted by Crippen LogP contribution is -2.46. The van der Waals surface area contributed by atoms with E-state index in [9.17, 15) is 18.6 Å². The number of para-hydroxylation sites is 1. The molecule has 2 atom stereocenters. The van der Waals surface area contributed by atoms with Crippen molar-refractivity contribution < 1.29 is 18.6 Å². The highest BCUT2D eigenvalue weighted by molar-refractivity contribution is 7.87. The monoisotopic (exact) mass is 351 g/mol. The van der Waals surface area contributed by atoms with Crippen molar-refractivity contribution in [1.29, 1.82) is 0 Å². The second-order valence-corrected chi connectivity index (χ2v) is 6.39. The number of benzene rings is 1. The zero-order valence-corrected chi connectivity index (χ0v) is 12.9. The summed E-state index contributed by atoms with van der Waals surface area (Å²) in [4.78, 5) is 40.1. The van der Waals surface area contributed by atoms with Gasteiger partial charge in [-0.2, -0.15) is 4.98 Å². The van der Waals surface area contributed by atoms with E-state index in [1.165, 1.54) is 6.07 Å². The number of hydrogen-bond acceptors (Lipinski definition) is 6. The normalized spacial score (nSPS) is 19.6. The number of aromatic nitrogens is 3. The number of nitrogens with zero attached hydrogens (tertiary/aromatic N) is 1. The maximum atomic E-state index is 12.4. The Hall–Kier alpha value is -2.66. The molecule has 0 spiro atoms. The van der Waals surface area contributed by atoms with E-state index in [4.69, 9.17) is 12.2 Å². The number of rotatable bonds is 3. The minimum absolute atomic E-state index is 0.0734. The molecule has 0 saturated carbocycles. The number of carbonyl (C=O) groups is 3. The van der Waals surface area contributed by atoms with Crippen LogP contribution in [0.4, 0.5) is 11.6 Å². The molecule has 2 unspecified atom stereocenters.